The molecule has 1 aromatic carbocycles. The molecule has 4 nitrogen and oxygen atoms in total. The standard InChI is InChI=1S/C23H31NO3Si/c1-26-23(25)22-16-20-19(15-18-9-6-5-7-10-18)11-8-12-21(20)24(22)17-27-13-14-28(2,3)4/h5-7,9-10,15-16H,8,11-14,17H2,1-4H3/b19-15+. The minimum Gasteiger partial charge on any atom is -0.464 e. The molecule has 3 rings (SSSR count). The number of carbonyl (C=O) groups excluding carboxylic acids is 1. The topological polar surface area (TPSA) is 40.5 Å². The van der Waals surface area contributed by atoms with Gasteiger partial charge in [0.15, 0.2) is 0 Å². The Labute approximate surface area is 169 Å². The van der Waals surface area contributed by atoms with Gasteiger partial charge in [0.1, 0.15) is 12.4 Å². The predicted octanol–water partition coefficient (Wildman–Crippen LogP) is 5.46. The van der Waals surface area contributed by atoms with Crippen LogP contribution in [-0.4, -0.2) is 32.3 Å². The number of esters is 1. The van der Waals surface area contributed by atoms with Crippen molar-refractivity contribution in [1.82, 2.24) is 4.57 Å². The molecular formula is C23H31NO3Si. The highest BCUT2D eigenvalue weighted by Crippen LogP contribution is 2.35. The van der Waals surface area contributed by atoms with E-state index in [4.69, 9.17) is 9.47 Å². The van der Waals surface area contributed by atoms with Gasteiger partial charge in [-0.15, -0.1) is 0 Å². The smallest absolute Gasteiger partial charge is 0.354 e. The summed E-state index contributed by atoms with van der Waals surface area (Å²) >= 11 is 0. The molecule has 1 aromatic heterocycles. The van der Waals surface area contributed by atoms with Crippen LogP contribution in [-0.2, 0) is 22.6 Å². The molecule has 0 atom stereocenters. The van der Waals surface area contributed by atoms with Gasteiger partial charge in [-0.3, -0.25) is 0 Å². The largest absolute Gasteiger partial charge is 0.464 e. The summed E-state index contributed by atoms with van der Waals surface area (Å²) < 4.78 is 13.0. The van der Waals surface area contributed by atoms with Gasteiger partial charge in [0.2, 0.25) is 0 Å². The van der Waals surface area contributed by atoms with Crippen molar-refractivity contribution in [1.29, 1.82) is 0 Å². The van der Waals surface area contributed by atoms with Crippen molar-refractivity contribution in [2.75, 3.05) is 13.7 Å². The van der Waals surface area contributed by atoms with E-state index in [1.54, 1.807) is 0 Å². The van der Waals surface area contributed by atoms with E-state index in [2.05, 4.69) is 37.8 Å². The zero-order valence-electron chi connectivity index (χ0n) is 17.5. The van der Waals surface area contributed by atoms with Crippen LogP contribution >= 0.6 is 0 Å². The van der Waals surface area contributed by atoms with Crippen molar-refractivity contribution in [2.24, 2.45) is 0 Å². The first-order chi connectivity index (χ1) is 13.4. The lowest BCUT2D eigenvalue weighted by atomic mass is 9.91. The summed E-state index contributed by atoms with van der Waals surface area (Å²) in [6, 6.07) is 13.4. The average Bonchev–Trinajstić information content (AvgIpc) is 3.04. The summed E-state index contributed by atoms with van der Waals surface area (Å²) in [4.78, 5) is 12.4. The van der Waals surface area contributed by atoms with Crippen LogP contribution in [0, 0.1) is 0 Å². The molecule has 0 unspecified atom stereocenters. The fourth-order valence-electron chi connectivity index (χ4n) is 3.57. The molecule has 0 amide bonds. The minimum absolute atomic E-state index is 0.303. The molecule has 0 bridgehead atoms. The number of allylic oxidation sites excluding steroid dienone is 1. The van der Waals surface area contributed by atoms with E-state index in [0.717, 1.165) is 37.5 Å². The van der Waals surface area contributed by atoms with Crippen molar-refractivity contribution in [3.63, 3.8) is 0 Å². The maximum atomic E-state index is 12.4. The lowest BCUT2D eigenvalue weighted by Crippen LogP contribution is -2.23. The monoisotopic (exact) mass is 397 g/mol. The molecule has 0 saturated heterocycles. The highest BCUT2D eigenvalue weighted by Gasteiger charge is 2.25. The van der Waals surface area contributed by atoms with Gasteiger partial charge in [-0.1, -0.05) is 56.0 Å². The summed E-state index contributed by atoms with van der Waals surface area (Å²) in [6.45, 7) is 8.16. The molecule has 0 radical (unpaired) electrons. The van der Waals surface area contributed by atoms with Gasteiger partial charge in [-0.2, -0.15) is 0 Å². The van der Waals surface area contributed by atoms with Crippen LogP contribution in [0.1, 0.15) is 40.2 Å². The first-order valence-electron chi connectivity index (χ1n) is 10.0. The van der Waals surface area contributed by atoms with Gasteiger partial charge < -0.3 is 14.0 Å². The molecule has 0 spiro atoms. The number of aromatic nitrogens is 1. The first-order valence-corrected chi connectivity index (χ1v) is 13.7. The number of hydrogen-bond acceptors (Lipinski definition) is 3. The fourth-order valence-corrected chi connectivity index (χ4v) is 4.33. The van der Waals surface area contributed by atoms with E-state index in [0.29, 0.717) is 12.4 Å². The molecule has 0 N–H and O–H groups in total. The Morgan fingerprint density at radius 1 is 1.18 bits per heavy atom. The highest BCUT2D eigenvalue weighted by atomic mass is 28.3. The Bertz CT molecular complexity index is 847. The number of carbonyl (C=O) groups is 1. The zero-order valence-corrected chi connectivity index (χ0v) is 18.5. The van der Waals surface area contributed by atoms with Crippen molar-refractivity contribution in [2.45, 2.75) is 51.7 Å². The normalized spacial score (nSPS) is 15.5. The Balaban J connectivity index is 1.90. The maximum Gasteiger partial charge on any atom is 0.354 e. The second-order valence-electron chi connectivity index (χ2n) is 8.59. The average molecular weight is 398 g/mol. The molecule has 150 valence electrons. The Morgan fingerprint density at radius 3 is 2.61 bits per heavy atom. The Hall–Kier alpha value is -2.11. The SMILES string of the molecule is COC(=O)c1cc2c(n1COCC[Si](C)(C)C)CCC/C2=C\c1ccccc1. The second kappa shape index (κ2) is 8.93. The number of fused-ring (bicyclic) bond motifs is 1. The number of ether oxygens (including phenoxy) is 2. The third-order valence-electron chi connectivity index (χ3n) is 5.17. The van der Waals surface area contributed by atoms with Gasteiger partial charge in [0.05, 0.1) is 7.11 Å². The van der Waals surface area contributed by atoms with Gasteiger partial charge in [-0.05, 0) is 48.1 Å². The van der Waals surface area contributed by atoms with Crippen molar-refractivity contribution in [3.05, 3.63) is 58.9 Å². The molecule has 1 aliphatic carbocycles. The minimum atomic E-state index is -1.14. The Morgan fingerprint density at radius 2 is 1.93 bits per heavy atom. The number of methoxy groups -OCH3 is 1. The van der Waals surface area contributed by atoms with E-state index in [-0.39, 0.29) is 5.97 Å². The summed E-state index contributed by atoms with van der Waals surface area (Å²) in [5.74, 6) is -0.303. The highest BCUT2D eigenvalue weighted by molar-refractivity contribution is 6.76. The van der Waals surface area contributed by atoms with Crippen LogP contribution in [0.4, 0.5) is 0 Å². The van der Waals surface area contributed by atoms with Crippen LogP contribution in [0.15, 0.2) is 36.4 Å². The third kappa shape index (κ3) is 5.03. The zero-order chi connectivity index (χ0) is 20.1. The van der Waals surface area contributed by atoms with Crippen molar-refractivity contribution in [3.8, 4) is 0 Å². The van der Waals surface area contributed by atoms with Gasteiger partial charge in [0, 0.05) is 20.4 Å². The number of hydrogen-bond donors (Lipinski definition) is 0. The van der Waals surface area contributed by atoms with E-state index in [9.17, 15) is 4.79 Å². The molecule has 1 heterocycles. The quantitative estimate of drug-likeness (QED) is 0.354. The summed E-state index contributed by atoms with van der Waals surface area (Å²) in [7, 11) is 0.297. The van der Waals surface area contributed by atoms with Gasteiger partial charge in [0.25, 0.3) is 0 Å². The first kappa shape index (κ1) is 20.6. The summed E-state index contributed by atoms with van der Waals surface area (Å²) in [5, 5.41) is 0. The summed E-state index contributed by atoms with van der Waals surface area (Å²) in [5.41, 5.74) is 5.38. The molecule has 0 fully saturated rings. The van der Waals surface area contributed by atoms with Crippen LogP contribution in [0.2, 0.25) is 25.7 Å². The van der Waals surface area contributed by atoms with E-state index in [1.807, 2.05) is 28.8 Å². The second-order valence-corrected chi connectivity index (χ2v) is 14.2. The van der Waals surface area contributed by atoms with Crippen LogP contribution in [0.5, 0.6) is 0 Å². The number of nitrogens with zero attached hydrogens (tertiary/aromatic N) is 1. The molecule has 1 aliphatic rings. The molecule has 2 aromatic rings. The predicted molar refractivity (Wildman–Crippen MR) is 117 cm³/mol. The molecule has 5 heteroatoms. The Kier molecular flexibility index (Phi) is 6.57. The van der Waals surface area contributed by atoms with E-state index >= 15 is 0 Å². The van der Waals surface area contributed by atoms with Crippen molar-refractivity contribution < 1.29 is 14.3 Å². The molecule has 0 saturated carbocycles. The van der Waals surface area contributed by atoms with Crippen LogP contribution in [0.3, 0.4) is 0 Å². The lowest BCUT2D eigenvalue weighted by Gasteiger charge is -2.20. The van der Waals surface area contributed by atoms with E-state index < -0.39 is 8.07 Å². The van der Waals surface area contributed by atoms with Crippen LogP contribution < -0.4 is 0 Å². The molecule has 28 heavy (non-hydrogen) atoms. The van der Waals surface area contributed by atoms with E-state index in [1.165, 1.54) is 23.9 Å². The number of rotatable bonds is 7. The van der Waals surface area contributed by atoms with Crippen LogP contribution in [0.25, 0.3) is 11.6 Å². The molecule has 0 aliphatic heterocycles. The maximum absolute atomic E-state index is 12.4. The third-order valence-corrected chi connectivity index (χ3v) is 6.87. The molecular weight excluding hydrogens is 366 g/mol. The van der Waals surface area contributed by atoms with Gasteiger partial charge >= 0.3 is 5.97 Å². The van der Waals surface area contributed by atoms with Gasteiger partial charge in [-0.25, -0.2) is 4.79 Å². The summed E-state index contributed by atoms with van der Waals surface area (Å²) in [6.07, 6.45) is 5.28. The number of benzene rings is 1. The fraction of sp³-hybridized carbons (Fsp3) is 0.435. The lowest BCUT2D eigenvalue weighted by molar-refractivity contribution is 0.0536. The van der Waals surface area contributed by atoms with Crippen molar-refractivity contribution >= 4 is 25.7 Å².